The Morgan fingerprint density at radius 3 is 2.80 bits per heavy atom. The average molecular weight is 332 g/mol. The number of fused-ring (bicyclic) bond motifs is 1. The van der Waals surface area contributed by atoms with Gasteiger partial charge in [0.05, 0.1) is 17.8 Å². The van der Waals surface area contributed by atoms with Gasteiger partial charge in [-0.2, -0.15) is 0 Å². The predicted octanol–water partition coefficient (Wildman–Crippen LogP) is 4.03. The predicted molar refractivity (Wildman–Crippen MR) is 99.1 cm³/mol. The largest absolute Gasteiger partial charge is 0.481 e. The summed E-state index contributed by atoms with van der Waals surface area (Å²) in [7, 11) is 0. The molecule has 25 heavy (non-hydrogen) atoms. The summed E-state index contributed by atoms with van der Waals surface area (Å²) in [5.74, 6) is 3.36. The van der Waals surface area contributed by atoms with Crippen molar-refractivity contribution in [1.82, 2.24) is 9.55 Å². The minimum absolute atomic E-state index is 0.200. The normalized spacial score (nSPS) is 10.8. The summed E-state index contributed by atoms with van der Waals surface area (Å²) in [4.78, 5) is 16.2. The van der Waals surface area contributed by atoms with E-state index in [4.69, 9.17) is 11.2 Å². The lowest BCUT2D eigenvalue weighted by Crippen LogP contribution is -2.08. The van der Waals surface area contributed by atoms with Crippen molar-refractivity contribution < 1.29 is 9.53 Å². The summed E-state index contributed by atoms with van der Waals surface area (Å²) in [6.07, 6.45) is 7.99. The molecule has 3 rings (SSSR count). The molecular weight excluding hydrogens is 312 g/mol. The van der Waals surface area contributed by atoms with Crippen LogP contribution >= 0.6 is 0 Å². The highest BCUT2D eigenvalue weighted by Gasteiger charge is 2.20. The first-order valence-corrected chi connectivity index (χ1v) is 8.23. The second-order valence-corrected chi connectivity index (χ2v) is 6.15. The van der Waals surface area contributed by atoms with Crippen LogP contribution in [0.3, 0.4) is 0 Å². The molecule has 0 saturated heterocycles. The molecule has 0 fully saturated rings. The van der Waals surface area contributed by atoms with Crippen molar-refractivity contribution in [3.05, 3.63) is 59.5 Å². The topological polar surface area (TPSA) is 44.1 Å². The number of benzene rings is 1. The van der Waals surface area contributed by atoms with E-state index in [2.05, 4.69) is 29.3 Å². The van der Waals surface area contributed by atoms with E-state index >= 15 is 0 Å². The summed E-state index contributed by atoms with van der Waals surface area (Å²) in [5, 5.41) is 0.919. The maximum absolute atomic E-state index is 11.8. The van der Waals surface area contributed by atoms with Gasteiger partial charge in [-0.15, -0.1) is 6.42 Å². The third-order valence-corrected chi connectivity index (χ3v) is 4.15. The number of aldehydes is 1. The number of ether oxygens (including phenoxy) is 1. The molecule has 0 aliphatic heterocycles. The molecule has 126 valence electrons. The molecule has 0 atom stereocenters. The van der Waals surface area contributed by atoms with E-state index in [1.54, 1.807) is 6.20 Å². The van der Waals surface area contributed by atoms with E-state index in [1.165, 1.54) is 0 Å². The summed E-state index contributed by atoms with van der Waals surface area (Å²) in [6, 6.07) is 11.5. The van der Waals surface area contributed by atoms with Crippen LogP contribution in [0.4, 0.5) is 0 Å². The molecule has 0 amide bonds. The van der Waals surface area contributed by atoms with Crippen molar-refractivity contribution in [1.29, 1.82) is 0 Å². The quantitative estimate of drug-likeness (QED) is 0.505. The van der Waals surface area contributed by atoms with E-state index in [9.17, 15) is 4.79 Å². The first-order chi connectivity index (χ1) is 12.2. The van der Waals surface area contributed by atoms with Gasteiger partial charge in [0, 0.05) is 28.9 Å². The fourth-order valence-electron chi connectivity index (χ4n) is 3.16. The molecule has 0 unspecified atom stereocenters. The molecule has 0 aliphatic carbocycles. The lowest BCUT2D eigenvalue weighted by atomic mass is 10.0. The first-order valence-electron chi connectivity index (χ1n) is 8.23. The van der Waals surface area contributed by atoms with E-state index in [0.29, 0.717) is 12.3 Å². The number of aromatic nitrogens is 2. The number of carbonyl (C=O) groups excluding carboxylic acids is 1. The van der Waals surface area contributed by atoms with E-state index in [0.717, 1.165) is 34.1 Å². The van der Waals surface area contributed by atoms with Crippen LogP contribution in [0.15, 0.2) is 42.6 Å². The van der Waals surface area contributed by atoms with Gasteiger partial charge in [-0.3, -0.25) is 9.78 Å². The minimum atomic E-state index is 0.200. The van der Waals surface area contributed by atoms with E-state index in [-0.39, 0.29) is 12.5 Å². The minimum Gasteiger partial charge on any atom is -0.481 e. The Labute approximate surface area is 147 Å². The molecular formula is C21H20N2O2. The van der Waals surface area contributed by atoms with Crippen LogP contribution in [0, 0.1) is 12.3 Å². The van der Waals surface area contributed by atoms with Crippen LogP contribution in [-0.4, -0.2) is 22.4 Å². The highest BCUT2D eigenvalue weighted by molar-refractivity contribution is 6.00. The van der Waals surface area contributed by atoms with Gasteiger partial charge in [-0.05, 0) is 30.2 Å². The third-order valence-electron chi connectivity index (χ3n) is 4.15. The molecule has 0 saturated carbocycles. The molecule has 1 aromatic carbocycles. The second-order valence-electron chi connectivity index (χ2n) is 6.15. The average Bonchev–Trinajstić information content (AvgIpc) is 2.94. The van der Waals surface area contributed by atoms with Gasteiger partial charge in [-0.1, -0.05) is 25.8 Å². The van der Waals surface area contributed by atoms with Crippen LogP contribution in [0.1, 0.15) is 41.5 Å². The van der Waals surface area contributed by atoms with E-state index < -0.39 is 0 Å². The Balaban J connectivity index is 2.20. The molecule has 3 aromatic rings. The number of hydrogen-bond donors (Lipinski definition) is 0. The Morgan fingerprint density at radius 2 is 2.16 bits per heavy atom. The van der Waals surface area contributed by atoms with Crippen molar-refractivity contribution in [2.24, 2.45) is 0 Å². The molecule has 0 bridgehead atoms. The van der Waals surface area contributed by atoms with Gasteiger partial charge in [0.15, 0.2) is 6.29 Å². The number of nitrogens with zero attached hydrogens (tertiary/aromatic N) is 2. The SMILES string of the molecule is C#CCOc1ccc2c(C=O)c(C(C)C)n(Cc3ccccn3)c2c1. The monoisotopic (exact) mass is 332 g/mol. The molecule has 0 N–H and O–H groups in total. The van der Waals surface area contributed by atoms with Crippen LogP contribution in [-0.2, 0) is 6.54 Å². The zero-order valence-electron chi connectivity index (χ0n) is 14.4. The molecule has 2 heterocycles. The summed E-state index contributed by atoms with van der Waals surface area (Å²) < 4.78 is 7.71. The highest BCUT2D eigenvalue weighted by atomic mass is 16.5. The lowest BCUT2D eigenvalue weighted by Gasteiger charge is -2.14. The van der Waals surface area contributed by atoms with Gasteiger partial charge in [0.2, 0.25) is 0 Å². The molecule has 4 nitrogen and oxygen atoms in total. The van der Waals surface area contributed by atoms with Crippen molar-refractivity contribution in [3.63, 3.8) is 0 Å². The van der Waals surface area contributed by atoms with Crippen LogP contribution in [0.5, 0.6) is 5.75 Å². The van der Waals surface area contributed by atoms with Gasteiger partial charge < -0.3 is 9.30 Å². The smallest absolute Gasteiger partial charge is 0.152 e. The number of terminal acetylenes is 1. The fourth-order valence-corrected chi connectivity index (χ4v) is 3.16. The van der Waals surface area contributed by atoms with Crippen molar-refractivity contribution >= 4 is 17.2 Å². The van der Waals surface area contributed by atoms with Crippen molar-refractivity contribution in [3.8, 4) is 18.1 Å². The molecule has 2 aromatic heterocycles. The maximum Gasteiger partial charge on any atom is 0.152 e. The second kappa shape index (κ2) is 7.23. The van der Waals surface area contributed by atoms with Crippen molar-refractivity contribution in [2.75, 3.05) is 6.61 Å². The number of hydrogen-bond acceptors (Lipinski definition) is 3. The molecule has 4 heteroatoms. The molecule has 0 radical (unpaired) electrons. The summed E-state index contributed by atoms with van der Waals surface area (Å²) in [6.45, 7) is 4.99. The number of rotatable bonds is 6. The fraction of sp³-hybridized carbons (Fsp3) is 0.238. The lowest BCUT2D eigenvalue weighted by molar-refractivity contribution is 0.112. The van der Waals surface area contributed by atoms with Gasteiger partial charge in [0.25, 0.3) is 0 Å². The molecule has 0 spiro atoms. The van der Waals surface area contributed by atoms with Gasteiger partial charge in [-0.25, -0.2) is 0 Å². The maximum atomic E-state index is 11.8. The van der Waals surface area contributed by atoms with Gasteiger partial charge in [0.1, 0.15) is 12.4 Å². The summed E-state index contributed by atoms with van der Waals surface area (Å²) >= 11 is 0. The van der Waals surface area contributed by atoms with Crippen LogP contribution < -0.4 is 4.74 Å². The van der Waals surface area contributed by atoms with Crippen LogP contribution in [0.25, 0.3) is 10.9 Å². The number of carbonyl (C=O) groups is 1. The zero-order chi connectivity index (χ0) is 17.8. The Hall–Kier alpha value is -3.06. The molecule has 0 aliphatic rings. The standard InChI is InChI=1S/C21H20N2O2/c1-4-11-25-17-8-9-18-19(14-24)21(15(2)3)23(20(18)12-17)13-16-7-5-6-10-22-16/h1,5-10,12,14-15H,11,13H2,2-3H3. The van der Waals surface area contributed by atoms with Crippen LogP contribution in [0.2, 0.25) is 0 Å². The van der Waals surface area contributed by atoms with Crippen molar-refractivity contribution in [2.45, 2.75) is 26.3 Å². The van der Waals surface area contributed by atoms with E-state index in [1.807, 2.05) is 36.4 Å². The zero-order valence-corrected chi connectivity index (χ0v) is 14.4. The van der Waals surface area contributed by atoms with Gasteiger partial charge >= 0.3 is 0 Å². The number of pyridine rings is 1. The first kappa shape index (κ1) is 16.8. The summed E-state index contributed by atoms with van der Waals surface area (Å²) in [5.41, 5.74) is 3.62. The Morgan fingerprint density at radius 1 is 1.32 bits per heavy atom. The Bertz CT molecular complexity index is 934. The third kappa shape index (κ3) is 3.27. The highest BCUT2D eigenvalue weighted by Crippen LogP contribution is 2.33. The Kier molecular flexibility index (Phi) is 4.85.